The highest BCUT2D eigenvalue weighted by atomic mass is 32.2. The van der Waals surface area contributed by atoms with E-state index < -0.39 is 10.0 Å². The van der Waals surface area contributed by atoms with Crippen LogP contribution in [0.15, 0.2) is 58.3 Å². The van der Waals surface area contributed by atoms with E-state index >= 15 is 0 Å². The Balaban J connectivity index is 2.11. The Morgan fingerprint density at radius 3 is 2.19 bits per heavy atom. The number of nitrogens with one attached hydrogen (secondary N) is 1. The molecule has 2 aromatic carbocycles. The zero-order valence-electron chi connectivity index (χ0n) is 12.2. The van der Waals surface area contributed by atoms with E-state index in [9.17, 15) is 8.42 Å². The maximum absolute atomic E-state index is 12.3. The van der Waals surface area contributed by atoms with Gasteiger partial charge in [0.1, 0.15) is 0 Å². The number of thioether (sulfide) groups is 1. The fraction of sp³-hybridized carbons (Fsp3) is 0.250. The molecular weight excluding hydrogens is 302 g/mol. The van der Waals surface area contributed by atoms with Crippen LogP contribution in [0.2, 0.25) is 0 Å². The van der Waals surface area contributed by atoms with Crippen LogP contribution in [-0.4, -0.2) is 14.2 Å². The van der Waals surface area contributed by atoms with Crippen molar-refractivity contribution in [1.29, 1.82) is 0 Å². The summed E-state index contributed by atoms with van der Waals surface area (Å²) < 4.78 is 27.1. The molecular formula is C16H19NO2S2. The lowest BCUT2D eigenvalue weighted by molar-refractivity contribution is 0.601. The molecule has 0 bridgehead atoms. The first-order valence-electron chi connectivity index (χ1n) is 6.83. The van der Waals surface area contributed by atoms with Crippen molar-refractivity contribution < 1.29 is 8.42 Å². The predicted octanol–water partition coefficient (Wildman–Crippen LogP) is 4.30. The molecule has 21 heavy (non-hydrogen) atoms. The molecule has 5 heteroatoms. The summed E-state index contributed by atoms with van der Waals surface area (Å²) in [4.78, 5) is 1.42. The van der Waals surface area contributed by atoms with Gasteiger partial charge in [-0.1, -0.05) is 24.6 Å². The Bertz CT molecular complexity index is 677. The largest absolute Gasteiger partial charge is 0.280 e. The number of rotatable bonds is 6. The molecule has 0 aliphatic heterocycles. The number of hydrogen-bond acceptors (Lipinski definition) is 3. The van der Waals surface area contributed by atoms with E-state index in [0.717, 1.165) is 22.6 Å². The van der Waals surface area contributed by atoms with Gasteiger partial charge in [0.05, 0.1) is 4.90 Å². The summed E-state index contributed by atoms with van der Waals surface area (Å²) >= 11 is 1.77. The van der Waals surface area contributed by atoms with Crippen LogP contribution >= 0.6 is 11.8 Å². The summed E-state index contributed by atoms with van der Waals surface area (Å²) in [5.74, 6) is 1.06. The van der Waals surface area contributed by atoms with Gasteiger partial charge < -0.3 is 0 Å². The Kier molecular flexibility index (Phi) is 5.31. The van der Waals surface area contributed by atoms with E-state index in [2.05, 4.69) is 11.6 Å². The molecule has 0 amide bonds. The van der Waals surface area contributed by atoms with Gasteiger partial charge in [-0.15, -0.1) is 11.8 Å². The minimum absolute atomic E-state index is 0.275. The molecule has 112 valence electrons. The second-order valence-electron chi connectivity index (χ2n) is 4.79. The van der Waals surface area contributed by atoms with Crippen LogP contribution in [0.4, 0.5) is 5.69 Å². The molecule has 3 nitrogen and oxygen atoms in total. The normalized spacial score (nSPS) is 11.3. The Morgan fingerprint density at radius 2 is 1.62 bits per heavy atom. The molecule has 0 saturated heterocycles. The zero-order valence-corrected chi connectivity index (χ0v) is 13.8. The van der Waals surface area contributed by atoms with E-state index in [1.807, 2.05) is 19.1 Å². The van der Waals surface area contributed by atoms with E-state index in [1.165, 1.54) is 0 Å². The first kappa shape index (κ1) is 15.9. The van der Waals surface area contributed by atoms with Crippen molar-refractivity contribution in [3.05, 3.63) is 54.1 Å². The quantitative estimate of drug-likeness (QED) is 0.807. The Hall–Kier alpha value is -1.46. The molecule has 2 rings (SSSR count). The smallest absolute Gasteiger partial charge is 0.261 e. The van der Waals surface area contributed by atoms with E-state index in [0.29, 0.717) is 5.69 Å². The summed E-state index contributed by atoms with van der Waals surface area (Å²) in [5.41, 5.74) is 1.61. The third kappa shape index (κ3) is 4.51. The van der Waals surface area contributed by atoms with Gasteiger partial charge in [0, 0.05) is 10.6 Å². The van der Waals surface area contributed by atoms with Crippen molar-refractivity contribution in [2.45, 2.75) is 30.1 Å². The van der Waals surface area contributed by atoms with Crippen LogP contribution in [0.1, 0.15) is 18.9 Å². The van der Waals surface area contributed by atoms with Crippen molar-refractivity contribution in [1.82, 2.24) is 0 Å². The van der Waals surface area contributed by atoms with Gasteiger partial charge in [-0.3, -0.25) is 4.72 Å². The first-order valence-corrected chi connectivity index (χ1v) is 9.30. The van der Waals surface area contributed by atoms with Crippen LogP contribution in [0.3, 0.4) is 0 Å². The SMILES string of the molecule is CCCSc1ccc(NS(=O)(=O)c2ccc(C)cc2)cc1. The summed E-state index contributed by atoms with van der Waals surface area (Å²) in [6.07, 6.45) is 1.12. The predicted molar refractivity (Wildman–Crippen MR) is 89.4 cm³/mol. The van der Waals surface area contributed by atoms with Crippen LogP contribution in [0, 0.1) is 6.92 Å². The van der Waals surface area contributed by atoms with Gasteiger partial charge in [0.25, 0.3) is 10.0 Å². The van der Waals surface area contributed by atoms with E-state index in [1.54, 1.807) is 48.2 Å². The molecule has 1 N–H and O–H groups in total. The van der Waals surface area contributed by atoms with Gasteiger partial charge in [-0.2, -0.15) is 0 Å². The Morgan fingerprint density at radius 1 is 1.00 bits per heavy atom. The second-order valence-corrected chi connectivity index (χ2v) is 7.64. The van der Waals surface area contributed by atoms with Crippen LogP contribution in [0.5, 0.6) is 0 Å². The third-order valence-corrected chi connectivity index (χ3v) is 5.53. The average Bonchev–Trinajstić information content (AvgIpc) is 2.47. The second kappa shape index (κ2) is 7.00. The molecule has 0 aliphatic carbocycles. The van der Waals surface area contributed by atoms with Crippen molar-refractivity contribution in [2.24, 2.45) is 0 Å². The highest BCUT2D eigenvalue weighted by Crippen LogP contribution is 2.22. The maximum Gasteiger partial charge on any atom is 0.261 e. The summed E-state index contributed by atoms with van der Waals surface area (Å²) in [5, 5.41) is 0. The lowest BCUT2D eigenvalue weighted by atomic mass is 10.2. The molecule has 0 spiro atoms. The fourth-order valence-electron chi connectivity index (χ4n) is 1.77. The molecule has 0 radical (unpaired) electrons. The van der Waals surface area contributed by atoms with Gasteiger partial charge in [-0.25, -0.2) is 8.42 Å². The zero-order chi connectivity index (χ0) is 15.3. The van der Waals surface area contributed by atoms with Crippen LogP contribution in [-0.2, 0) is 10.0 Å². The number of hydrogen-bond donors (Lipinski definition) is 1. The number of benzene rings is 2. The van der Waals surface area contributed by atoms with Crippen LogP contribution < -0.4 is 4.72 Å². The Labute approximate surface area is 130 Å². The summed E-state index contributed by atoms with van der Waals surface area (Å²) in [7, 11) is -3.52. The van der Waals surface area contributed by atoms with Gasteiger partial charge in [0.2, 0.25) is 0 Å². The standard InChI is InChI=1S/C16H19NO2S2/c1-3-12-20-15-8-6-14(7-9-15)17-21(18,19)16-10-4-13(2)5-11-16/h4-11,17H,3,12H2,1-2H3. The van der Waals surface area contributed by atoms with E-state index in [4.69, 9.17) is 0 Å². The fourth-order valence-corrected chi connectivity index (χ4v) is 3.60. The number of sulfonamides is 1. The summed E-state index contributed by atoms with van der Waals surface area (Å²) in [6, 6.07) is 14.3. The highest BCUT2D eigenvalue weighted by Gasteiger charge is 2.13. The lowest BCUT2D eigenvalue weighted by Crippen LogP contribution is -2.12. The lowest BCUT2D eigenvalue weighted by Gasteiger charge is -2.09. The van der Waals surface area contributed by atoms with Gasteiger partial charge >= 0.3 is 0 Å². The molecule has 0 aliphatic rings. The van der Waals surface area contributed by atoms with Crippen molar-refractivity contribution in [3.63, 3.8) is 0 Å². The first-order chi connectivity index (χ1) is 10.0. The van der Waals surface area contributed by atoms with Crippen LogP contribution in [0.25, 0.3) is 0 Å². The van der Waals surface area contributed by atoms with Gasteiger partial charge in [-0.05, 0) is 55.5 Å². The minimum Gasteiger partial charge on any atom is -0.280 e. The molecule has 2 aromatic rings. The number of aryl methyl sites for hydroxylation is 1. The molecule has 0 atom stereocenters. The monoisotopic (exact) mass is 321 g/mol. The summed E-state index contributed by atoms with van der Waals surface area (Å²) in [6.45, 7) is 4.06. The molecule has 0 heterocycles. The van der Waals surface area contributed by atoms with Crippen molar-refractivity contribution >= 4 is 27.5 Å². The molecule has 0 aromatic heterocycles. The molecule has 0 fully saturated rings. The van der Waals surface area contributed by atoms with Gasteiger partial charge in [0.15, 0.2) is 0 Å². The molecule has 0 saturated carbocycles. The van der Waals surface area contributed by atoms with Crippen molar-refractivity contribution in [2.75, 3.05) is 10.5 Å². The topological polar surface area (TPSA) is 46.2 Å². The van der Waals surface area contributed by atoms with Crippen molar-refractivity contribution in [3.8, 4) is 0 Å². The number of anilines is 1. The minimum atomic E-state index is -3.52. The highest BCUT2D eigenvalue weighted by molar-refractivity contribution is 7.99. The maximum atomic E-state index is 12.3. The molecule has 0 unspecified atom stereocenters. The van der Waals surface area contributed by atoms with E-state index in [-0.39, 0.29) is 4.90 Å². The third-order valence-electron chi connectivity index (χ3n) is 2.91. The average molecular weight is 321 g/mol.